The first kappa shape index (κ1) is 57.1. The lowest BCUT2D eigenvalue weighted by Crippen LogP contribution is -2.57. The first-order valence-electron chi connectivity index (χ1n) is 26.5. The Morgan fingerprint density at radius 2 is 1.62 bits per heavy atom. The number of piperazine rings is 1. The van der Waals surface area contributed by atoms with Gasteiger partial charge in [0, 0.05) is 94.7 Å². The van der Waals surface area contributed by atoms with E-state index in [1.54, 1.807) is 31.8 Å². The zero-order chi connectivity index (χ0) is 55.0. The molecule has 77 heavy (non-hydrogen) atoms. The number of anilines is 5. The van der Waals surface area contributed by atoms with Crippen molar-refractivity contribution in [1.29, 1.82) is 0 Å². The maximum Gasteiger partial charge on any atom is 0.246 e. The Kier molecular flexibility index (Phi) is 18.6. The number of β-amino-alcohol motifs (C(OH)–C–C–N with tert-alkyl or cyclic N) is 1. The molecule has 2 aromatic heterocycles. The Bertz CT molecular complexity index is 2930. The molecule has 3 aliphatic rings. The number of amides is 4. The highest BCUT2D eigenvalue weighted by atomic mass is 35.5. The number of likely N-dealkylation sites (tertiary alicyclic amines) is 1. The number of thiazole rings is 1. The lowest BCUT2D eigenvalue weighted by Gasteiger charge is -2.43. The lowest BCUT2D eigenvalue weighted by molar-refractivity contribution is -0.144. The van der Waals surface area contributed by atoms with Crippen molar-refractivity contribution in [3.63, 3.8) is 0 Å². The maximum absolute atomic E-state index is 14.1. The van der Waals surface area contributed by atoms with Crippen molar-refractivity contribution in [2.45, 2.75) is 103 Å². The summed E-state index contributed by atoms with van der Waals surface area (Å²) in [5.41, 5.74) is 6.47. The van der Waals surface area contributed by atoms with E-state index in [1.165, 1.54) is 11.1 Å². The summed E-state index contributed by atoms with van der Waals surface area (Å²) in [6.07, 6.45) is 4.26. The summed E-state index contributed by atoms with van der Waals surface area (Å²) < 4.78 is 18.8. The largest absolute Gasteiger partial charge is 0.494 e. The number of piperidine rings is 1. The Labute approximate surface area is 461 Å². The smallest absolute Gasteiger partial charge is 0.246 e. The van der Waals surface area contributed by atoms with Crippen LogP contribution in [0.15, 0.2) is 78.4 Å². The fourth-order valence-electron chi connectivity index (χ4n) is 10.4. The molecule has 0 bridgehead atoms. The number of aliphatic hydroxyl groups excluding tert-OH is 1. The summed E-state index contributed by atoms with van der Waals surface area (Å²) in [4.78, 5) is 77.0. The summed E-state index contributed by atoms with van der Waals surface area (Å²) in [5, 5.41) is 24.1. The minimum absolute atomic E-state index is 0.00337. The number of methoxy groups -OCH3 is 1. The van der Waals surface area contributed by atoms with Crippen molar-refractivity contribution < 1.29 is 33.6 Å². The first-order chi connectivity index (χ1) is 36.7. The number of carbonyl (C=O) groups is 4. The van der Waals surface area contributed by atoms with Gasteiger partial charge in [-0.2, -0.15) is 4.98 Å². The van der Waals surface area contributed by atoms with Crippen molar-refractivity contribution in [2.75, 3.05) is 81.8 Å². The summed E-state index contributed by atoms with van der Waals surface area (Å²) in [6.45, 7) is 16.0. The summed E-state index contributed by atoms with van der Waals surface area (Å²) in [7, 11) is -0.942. The number of unbranched alkanes of at least 4 members (excludes halogenated alkanes) is 1. The maximum atomic E-state index is 14.1. The Morgan fingerprint density at radius 1 is 0.909 bits per heavy atom. The van der Waals surface area contributed by atoms with E-state index in [2.05, 4.69) is 52.1 Å². The molecule has 21 heteroatoms. The van der Waals surface area contributed by atoms with Crippen LogP contribution in [0.1, 0.15) is 77.0 Å². The Balaban J connectivity index is 0.745. The van der Waals surface area contributed by atoms with Crippen molar-refractivity contribution in [3.8, 4) is 16.2 Å². The number of carbonyl (C=O) groups excluding carboxylic acids is 4. The molecule has 5 N–H and O–H groups in total. The second kappa shape index (κ2) is 25.1. The van der Waals surface area contributed by atoms with E-state index in [0.29, 0.717) is 77.6 Å². The molecule has 18 nitrogen and oxygen atoms in total. The van der Waals surface area contributed by atoms with Crippen LogP contribution in [0, 0.1) is 12.3 Å². The van der Waals surface area contributed by atoms with Crippen LogP contribution in [-0.4, -0.2) is 149 Å². The molecule has 0 saturated carbocycles. The van der Waals surface area contributed by atoms with Crippen LogP contribution in [0.3, 0.4) is 0 Å². The number of para-hydroxylation sites is 1. The molecule has 3 aromatic carbocycles. The van der Waals surface area contributed by atoms with Crippen molar-refractivity contribution >= 4 is 87.8 Å². The Morgan fingerprint density at radius 3 is 2.30 bits per heavy atom. The fraction of sp³-hybridized carbons (Fsp3) is 0.482. The average Bonchev–Trinajstić information content (AvgIpc) is 4.04. The number of aryl methyl sites for hydroxylation is 1. The number of halogens is 1. The number of benzene rings is 3. The van der Waals surface area contributed by atoms with Gasteiger partial charge >= 0.3 is 0 Å². The molecule has 3 aliphatic heterocycles. The highest BCUT2D eigenvalue weighted by molar-refractivity contribution is 7.70. The molecule has 4 amide bonds. The summed E-state index contributed by atoms with van der Waals surface area (Å²) >= 11 is 8.07. The van der Waals surface area contributed by atoms with E-state index in [-0.39, 0.29) is 43.7 Å². The minimum atomic E-state index is -2.57. The predicted octanol–water partition coefficient (Wildman–Crippen LogP) is 7.79. The standard InChI is InChI=1S/C56H73ClN11O7PS/c1-36-50(77-35-60-36)38-18-16-37(17-19-38)32-58-53(72)45-31-41(69)34-68(45)54(73)51(56(2,3)4)63-48(70)14-10-11-15-49(71)67-28-26-66(27-29-67)39-22-24-65(25-23-39)40-20-21-43(46(30-40)75-5)62-55-59-33-42(57)52(64-55)61-44-12-8-9-13-47(44)76(6,7)74/h8-9,12-13,16-21,30,33,35,39,41,45,51,69H,10-11,14-15,22-29,31-32,34H2,1-7H3,(H,58,72)(H,63,70)(H2,59,61,62,64)/t41-,45+,51-/m1/s1. The van der Waals surface area contributed by atoms with Gasteiger partial charge in [-0.25, -0.2) is 9.97 Å². The Hall–Kier alpha value is -6.11. The SMILES string of the molecule is COc1cc(N2CCC(N3CCN(C(=O)CCCCC(=O)N[C@H](C(=O)N4C[C@H](O)C[C@H]4C(=O)NCc4ccc(-c5scnc5C)cc4)C(C)(C)C)CC3)CC2)ccc1Nc1ncc(Cl)c(Nc2ccccc2P(C)(C)=O)n1. The molecular weight excluding hydrogens is 1040 g/mol. The number of aliphatic hydroxyl groups is 1. The third-order valence-electron chi connectivity index (χ3n) is 14.7. The topological polar surface area (TPSA) is 215 Å². The number of rotatable bonds is 19. The second-order valence-electron chi connectivity index (χ2n) is 21.7. The normalized spacial score (nSPS) is 18.0. The van der Waals surface area contributed by atoms with E-state index in [1.807, 2.05) is 98.8 Å². The van der Waals surface area contributed by atoms with E-state index in [4.69, 9.17) is 16.3 Å². The van der Waals surface area contributed by atoms with Gasteiger partial charge in [0.1, 0.15) is 30.0 Å². The molecule has 0 aliphatic carbocycles. The van der Waals surface area contributed by atoms with E-state index in [0.717, 1.165) is 66.4 Å². The molecular formula is C56H73ClN11O7PS. The van der Waals surface area contributed by atoms with Crippen LogP contribution in [0.4, 0.5) is 28.8 Å². The molecule has 3 fully saturated rings. The zero-order valence-electron chi connectivity index (χ0n) is 45.2. The molecule has 0 radical (unpaired) electrons. The minimum Gasteiger partial charge on any atom is -0.494 e. The van der Waals surface area contributed by atoms with Gasteiger partial charge in [0.15, 0.2) is 5.82 Å². The van der Waals surface area contributed by atoms with Crippen LogP contribution in [0.2, 0.25) is 5.02 Å². The molecule has 3 saturated heterocycles. The number of nitrogens with one attached hydrogen (secondary N) is 4. The zero-order valence-corrected chi connectivity index (χ0v) is 47.6. The lowest BCUT2D eigenvalue weighted by atomic mass is 9.85. The molecule has 8 rings (SSSR count). The van der Waals surface area contributed by atoms with Gasteiger partial charge in [-0.1, -0.05) is 68.8 Å². The number of hydrogen-bond acceptors (Lipinski definition) is 15. The van der Waals surface area contributed by atoms with Crippen LogP contribution in [0.5, 0.6) is 5.75 Å². The van der Waals surface area contributed by atoms with Gasteiger partial charge < -0.3 is 50.4 Å². The highest BCUT2D eigenvalue weighted by Gasteiger charge is 2.44. The fourth-order valence-corrected chi connectivity index (χ4v) is 12.5. The van der Waals surface area contributed by atoms with Crippen molar-refractivity contribution in [1.82, 2.24) is 40.3 Å². The molecule has 5 heterocycles. The van der Waals surface area contributed by atoms with Crippen molar-refractivity contribution in [3.05, 3.63) is 94.7 Å². The third kappa shape index (κ3) is 14.5. The van der Waals surface area contributed by atoms with Crippen LogP contribution < -0.4 is 36.2 Å². The predicted molar refractivity (Wildman–Crippen MR) is 306 cm³/mol. The van der Waals surface area contributed by atoms with Gasteiger partial charge in [0.05, 0.1) is 46.9 Å². The van der Waals surface area contributed by atoms with E-state index < -0.39 is 36.7 Å². The molecule has 0 spiro atoms. The van der Waals surface area contributed by atoms with Crippen LogP contribution >= 0.6 is 30.1 Å². The number of aromatic nitrogens is 3. The van der Waals surface area contributed by atoms with E-state index >= 15 is 0 Å². The molecule has 3 atom stereocenters. The highest BCUT2D eigenvalue weighted by Crippen LogP contribution is 2.39. The monoisotopic (exact) mass is 1110 g/mol. The number of ether oxygens (including phenoxy) is 1. The van der Waals surface area contributed by atoms with Crippen molar-refractivity contribution in [2.24, 2.45) is 5.41 Å². The van der Waals surface area contributed by atoms with E-state index in [9.17, 15) is 28.8 Å². The van der Waals surface area contributed by atoms with Gasteiger partial charge in [-0.05, 0) is 86.7 Å². The molecule has 5 aromatic rings. The average molecular weight is 1110 g/mol. The van der Waals surface area contributed by atoms with Gasteiger partial charge in [0.25, 0.3) is 0 Å². The first-order valence-corrected chi connectivity index (χ1v) is 30.3. The van der Waals surface area contributed by atoms with Gasteiger partial charge in [-0.15, -0.1) is 11.3 Å². The molecule has 0 unspecified atom stereocenters. The van der Waals surface area contributed by atoms with Crippen LogP contribution in [0.25, 0.3) is 10.4 Å². The van der Waals surface area contributed by atoms with Gasteiger partial charge in [-0.3, -0.25) is 24.1 Å². The van der Waals surface area contributed by atoms with Crippen LogP contribution in [-0.2, 0) is 30.3 Å². The number of hydrogen-bond donors (Lipinski definition) is 5. The number of nitrogens with zero attached hydrogens (tertiary/aromatic N) is 7. The summed E-state index contributed by atoms with van der Waals surface area (Å²) in [6, 6.07) is 20.0. The second-order valence-corrected chi connectivity index (χ2v) is 26.1. The quantitative estimate of drug-likeness (QED) is 0.0395. The summed E-state index contributed by atoms with van der Waals surface area (Å²) in [5.74, 6) is 0.360. The molecule has 412 valence electrons. The van der Waals surface area contributed by atoms with Gasteiger partial charge in [0.2, 0.25) is 29.6 Å². The third-order valence-corrected chi connectivity index (χ3v) is 17.5.